The lowest BCUT2D eigenvalue weighted by Crippen LogP contribution is -2.08. The fraction of sp³-hybridized carbons (Fsp3) is 0.0667. The maximum atomic E-state index is 12.2. The summed E-state index contributed by atoms with van der Waals surface area (Å²) >= 11 is 0. The molecule has 0 saturated carbocycles. The van der Waals surface area contributed by atoms with E-state index < -0.39 is 0 Å². The first-order valence-corrected chi connectivity index (χ1v) is 5.82. The quantitative estimate of drug-likeness (QED) is 0.662. The van der Waals surface area contributed by atoms with E-state index in [-0.39, 0.29) is 5.78 Å². The Morgan fingerprint density at radius 1 is 1.16 bits per heavy atom. The minimum absolute atomic E-state index is 0.0932. The first-order chi connectivity index (χ1) is 9.24. The van der Waals surface area contributed by atoms with E-state index in [1.807, 2.05) is 18.2 Å². The highest BCUT2D eigenvalue weighted by Gasteiger charge is 2.09. The van der Waals surface area contributed by atoms with Gasteiger partial charge in [0.2, 0.25) is 0 Å². The number of ketones is 1. The molecule has 0 amide bonds. The molecule has 0 saturated heterocycles. The zero-order valence-corrected chi connectivity index (χ0v) is 10.3. The van der Waals surface area contributed by atoms with E-state index in [2.05, 4.69) is 5.23 Å². The Bertz CT molecular complexity index is 629. The van der Waals surface area contributed by atoms with Crippen LogP contribution in [0.15, 0.2) is 48.5 Å². The van der Waals surface area contributed by atoms with E-state index in [1.54, 1.807) is 36.4 Å². The molecule has 0 aromatic heterocycles. The summed E-state index contributed by atoms with van der Waals surface area (Å²) in [6.07, 6.45) is 0. The zero-order chi connectivity index (χ0) is 13.7. The van der Waals surface area contributed by atoms with Crippen molar-refractivity contribution in [2.24, 2.45) is 0 Å². The van der Waals surface area contributed by atoms with Gasteiger partial charge >= 0.3 is 0 Å². The third kappa shape index (κ3) is 3.09. The van der Waals surface area contributed by atoms with Gasteiger partial charge in [0.25, 0.3) is 0 Å². The van der Waals surface area contributed by atoms with Crippen LogP contribution in [-0.2, 0) is 6.54 Å². The molecular formula is C15H11BN2O. The van der Waals surface area contributed by atoms with Crippen molar-refractivity contribution < 1.29 is 4.79 Å². The Morgan fingerprint density at radius 3 is 2.53 bits per heavy atom. The van der Waals surface area contributed by atoms with Crippen molar-refractivity contribution in [1.82, 2.24) is 5.23 Å². The third-order valence-corrected chi connectivity index (χ3v) is 2.78. The lowest BCUT2D eigenvalue weighted by atomic mass is 10.0. The van der Waals surface area contributed by atoms with Crippen LogP contribution in [0.4, 0.5) is 0 Å². The van der Waals surface area contributed by atoms with Crippen LogP contribution in [0.2, 0.25) is 0 Å². The third-order valence-electron chi connectivity index (χ3n) is 2.78. The van der Waals surface area contributed by atoms with Gasteiger partial charge in [-0.2, -0.15) is 5.26 Å². The van der Waals surface area contributed by atoms with Crippen molar-refractivity contribution in [1.29, 1.82) is 5.26 Å². The van der Waals surface area contributed by atoms with E-state index in [1.165, 1.54) is 0 Å². The minimum Gasteiger partial charge on any atom is -0.363 e. The number of carbonyl (C=O) groups is 1. The highest BCUT2D eigenvalue weighted by molar-refractivity contribution is 6.09. The Morgan fingerprint density at radius 2 is 1.89 bits per heavy atom. The Labute approximate surface area is 113 Å². The second-order valence-corrected chi connectivity index (χ2v) is 4.10. The average Bonchev–Trinajstić information content (AvgIpc) is 2.48. The van der Waals surface area contributed by atoms with Crippen LogP contribution in [0.1, 0.15) is 27.0 Å². The summed E-state index contributed by atoms with van der Waals surface area (Å²) in [6.45, 7) is 0.554. The Hall–Kier alpha value is -2.38. The highest BCUT2D eigenvalue weighted by atomic mass is 16.1. The van der Waals surface area contributed by atoms with E-state index in [0.717, 1.165) is 5.56 Å². The molecule has 0 spiro atoms. The number of rotatable bonds is 4. The van der Waals surface area contributed by atoms with E-state index in [4.69, 9.17) is 13.2 Å². The average molecular weight is 246 g/mol. The number of hydrogen-bond acceptors (Lipinski definition) is 3. The molecule has 0 aliphatic rings. The van der Waals surface area contributed by atoms with Gasteiger partial charge < -0.3 is 5.23 Å². The normalized spacial score (nSPS) is 9.84. The first kappa shape index (κ1) is 13.1. The monoisotopic (exact) mass is 246 g/mol. The van der Waals surface area contributed by atoms with Crippen molar-refractivity contribution in [3.63, 3.8) is 0 Å². The summed E-state index contributed by atoms with van der Waals surface area (Å²) in [5.41, 5.74) is 2.60. The smallest absolute Gasteiger partial charge is 0.193 e. The molecule has 0 aliphatic heterocycles. The summed E-state index contributed by atoms with van der Waals surface area (Å²) in [5.74, 6) is -0.0932. The molecule has 2 rings (SSSR count). The predicted octanol–water partition coefficient (Wildman–Crippen LogP) is 1.96. The molecule has 0 aliphatic carbocycles. The number of hydrogen-bond donors (Lipinski definition) is 1. The van der Waals surface area contributed by atoms with Gasteiger partial charge in [-0.3, -0.25) is 4.79 Å². The van der Waals surface area contributed by atoms with Gasteiger partial charge in [-0.15, -0.1) is 0 Å². The Kier molecular flexibility index (Phi) is 4.12. The standard InChI is InChI=1S/C15H11BN2O/c16-18-10-11-4-6-13(7-5-11)15(19)14-3-1-2-12(8-14)9-17/h1-8,18H,10H2. The second-order valence-electron chi connectivity index (χ2n) is 4.10. The van der Waals surface area contributed by atoms with Crippen LogP contribution < -0.4 is 5.23 Å². The van der Waals surface area contributed by atoms with Crippen LogP contribution in [-0.4, -0.2) is 13.8 Å². The van der Waals surface area contributed by atoms with Crippen molar-refractivity contribution in [3.05, 3.63) is 70.8 Å². The van der Waals surface area contributed by atoms with Crippen LogP contribution in [0.5, 0.6) is 0 Å². The summed E-state index contributed by atoms with van der Waals surface area (Å²) < 4.78 is 0. The summed E-state index contributed by atoms with van der Waals surface area (Å²) in [6, 6.07) is 15.9. The first-order valence-electron chi connectivity index (χ1n) is 5.82. The van der Waals surface area contributed by atoms with Crippen LogP contribution in [0, 0.1) is 11.3 Å². The van der Waals surface area contributed by atoms with Gasteiger partial charge in [-0.05, 0) is 17.7 Å². The molecule has 4 heteroatoms. The lowest BCUT2D eigenvalue weighted by Gasteiger charge is -2.04. The van der Waals surface area contributed by atoms with E-state index >= 15 is 0 Å². The molecule has 2 aromatic rings. The Balaban J connectivity index is 2.26. The van der Waals surface area contributed by atoms with Gasteiger partial charge in [0.1, 0.15) is 0 Å². The molecule has 0 heterocycles. The fourth-order valence-electron chi connectivity index (χ4n) is 1.79. The number of carbonyl (C=O) groups excluding carboxylic acids is 1. The zero-order valence-electron chi connectivity index (χ0n) is 10.3. The molecular weight excluding hydrogens is 235 g/mol. The molecule has 90 valence electrons. The molecule has 0 unspecified atom stereocenters. The van der Waals surface area contributed by atoms with Crippen LogP contribution in [0.25, 0.3) is 0 Å². The molecule has 1 N–H and O–H groups in total. The predicted molar refractivity (Wildman–Crippen MR) is 73.6 cm³/mol. The van der Waals surface area contributed by atoms with Crippen LogP contribution in [0.3, 0.4) is 0 Å². The maximum absolute atomic E-state index is 12.2. The lowest BCUT2D eigenvalue weighted by molar-refractivity contribution is 0.103. The van der Waals surface area contributed by atoms with Gasteiger partial charge in [0.05, 0.1) is 11.6 Å². The summed E-state index contributed by atoms with van der Waals surface area (Å²) in [4.78, 5) is 12.2. The maximum Gasteiger partial charge on any atom is 0.193 e. The molecule has 0 atom stereocenters. The van der Waals surface area contributed by atoms with Crippen molar-refractivity contribution in [2.75, 3.05) is 0 Å². The fourth-order valence-corrected chi connectivity index (χ4v) is 1.79. The van der Waals surface area contributed by atoms with Crippen LogP contribution >= 0.6 is 0 Å². The van der Waals surface area contributed by atoms with Crippen molar-refractivity contribution in [2.45, 2.75) is 6.54 Å². The largest absolute Gasteiger partial charge is 0.363 e. The van der Waals surface area contributed by atoms with Gasteiger partial charge in [0, 0.05) is 17.7 Å². The molecule has 0 fully saturated rings. The van der Waals surface area contributed by atoms with E-state index in [0.29, 0.717) is 23.2 Å². The van der Waals surface area contributed by atoms with Crippen molar-refractivity contribution >= 4 is 13.8 Å². The van der Waals surface area contributed by atoms with E-state index in [9.17, 15) is 4.79 Å². The number of nitrogens with zero attached hydrogens (tertiary/aromatic N) is 1. The molecule has 2 radical (unpaired) electrons. The van der Waals surface area contributed by atoms with Crippen molar-refractivity contribution in [3.8, 4) is 6.07 Å². The highest BCUT2D eigenvalue weighted by Crippen LogP contribution is 2.12. The number of benzene rings is 2. The second kappa shape index (κ2) is 5.99. The van der Waals surface area contributed by atoms with Gasteiger partial charge in [-0.1, -0.05) is 36.4 Å². The van der Waals surface area contributed by atoms with Gasteiger partial charge in [-0.25, -0.2) is 0 Å². The minimum atomic E-state index is -0.0932. The molecule has 19 heavy (non-hydrogen) atoms. The summed E-state index contributed by atoms with van der Waals surface area (Å²) in [5, 5.41) is 11.4. The molecule has 3 nitrogen and oxygen atoms in total. The molecule has 2 aromatic carbocycles. The summed E-state index contributed by atoms with van der Waals surface area (Å²) in [7, 11) is 5.23. The number of nitriles is 1. The molecule has 0 bridgehead atoms. The number of nitrogens with one attached hydrogen (secondary N) is 1. The SMILES string of the molecule is [B]NCc1ccc(C(=O)c2cccc(C#N)c2)cc1. The topological polar surface area (TPSA) is 52.9 Å². The van der Waals surface area contributed by atoms with Gasteiger partial charge in [0.15, 0.2) is 13.8 Å².